The largest absolute Gasteiger partial charge is 0.404 e. The first-order chi connectivity index (χ1) is 6.62. The van der Waals surface area contributed by atoms with Gasteiger partial charge in [0.25, 0.3) is 0 Å². The van der Waals surface area contributed by atoms with Crippen LogP contribution in [0.5, 0.6) is 0 Å². The molecule has 0 saturated carbocycles. The van der Waals surface area contributed by atoms with Crippen LogP contribution in [0.2, 0.25) is 0 Å². The van der Waals surface area contributed by atoms with E-state index < -0.39 is 17.8 Å². The molecule has 0 N–H and O–H groups in total. The number of halogens is 3. The maximum atomic E-state index is 12.9. The van der Waals surface area contributed by atoms with Gasteiger partial charge in [-0.1, -0.05) is 6.92 Å². The summed E-state index contributed by atoms with van der Waals surface area (Å²) in [6.07, 6.45) is -2.99. The third-order valence-electron chi connectivity index (χ3n) is 3.10. The SMILES string of the molecule is C[C@@H]1CCN(C(C)(C)C)[C@H](C(F)(F)F)C1. The molecule has 1 saturated heterocycles. The van der Waals surface area contributed by atoms with Crippen LogP contribution in [0.25, 0.3) is 0 Å². The van der Waals surface area contributed by atoms with Crippen LogP contribution in [0.1, 0.15) is 40.5 Å². The van der Waals surface area contributed by atoms with Crippen LogP contribution in [0, 0.1) is 5.92 Å². The van der Waals surface area contributed by atoms with E-state index >= 15 is 0 Å². The van der Waals surface area contributed by atoms with Gasteiger partial charge in [-0.2, -0.15) is 13.2 Å². The van der Waals surface area contributed by atoms with Crippen molar-refractivity contribution in [3.05, 3.63) is 0 Å². The fourth-order valence-corrected chi connectivity index (χ4v) is 2.25. The summed E-state index contributed by atoms with van der Waals surface area (Å²) in [6.45, 7) is 8.00. The van der Waals surface area contributed by atoms with Crippen molar-refractivity contribution in [2.75, 3.05) is 6.54 Å². The highest BCUT2D eigenvalue weighted by Crippen LogP contribution is 2.37. The van der Waals surface area contributed by atoms with Crippen molar-refractivity contribution in [2.24, 2.45) is 5.92 Å². The third kappa shape index (κ3) is 3.10. The van der Waals surface area contributed by atoms with E-state index in [4.69, 9.17) is 0 Å². The summed E-state index contributed by atoms with van der Waals surface area (Å²) in [6, 6.07) is -1.26. The van der Waals surface area contributed by atoms with E-state index in [1.54, 1.807) is 4.90 Å². The maximum absolute atomic E-state index is 12.9. The number of likely N-dealkylation sites (tertiary alicyclic amines) is 1. The van der Waals surface area contributed by atoms with Crippen LogP contribution in [0.15, 0.2) is 0 Å². The van der Waals surface area contributed by atoms with E-state index in [-0.39, 0.29) is 12.3 Å². The lowest BCUT2D eigenvalue weighted by molar-refractivity contribution is -0.208. The molecular formula is C11H20F3N. The van der Waals surface area contributed by atoms with Crippen LogP contribution >= 0.6 is 0 Å². The minimum Gasteiger partial charge on any atom is -0.287 e. The van der Waals surface area contributed by atoms with Crippen molar-refractivity contribution < 1.29 is 13.2 Å². The van der Waals surface area contributed by atoms with Crippen LogP contribution in [-0.2, 0) is 0 Å². The molecule has 90 valence electrons. The molecule has 0 aromatic heterocycles. The standard InChI is InChI=1S/C11H20F3N/c1-8-5-6-15(10(2,3)4)9(7-8)11(12,13)14/h8-9H,5-7H2,1-4H3/t8-,9+/m1/s1. The average Bonchev–Trinajstić information content (AvgIpc) is 2.00. The highest BCUT2D eigenvalue weighted by molar-refractivity contribution is 4.91. The molecule has 0 aromatic carbocycles. The van der Waals surface area contributed by atoms with Crippen LogP contribution in [-0.4, -0.2) is 29.2 Å². The molecule has 1 heterocycles. The second-order valence-corrected chi connectivity index (χ2v) is 5.55. The Labute approximate surface area is 89.6 Å². The normalized spacial score (nSPS) is 30.6. The second kappa shape index (κ2) is 3.96. The van der Waals surface area contributed by atoms with E-state index in [2.05, 4.69) is 0 Å². The van der Waals surface area contributed by atoms with Gasteiger partial charge in [0.1, 0.15) is 6.04 Å². The molecule has 0 unspecified atom stereocenters. The summed E-state index contributed by atoms with van der Waals surface area (Å²) in [5.41, 5.74) is -0.402. The Morgan fingerprint density at radius 3 is 2.07 bits per heavy atom. The fraction of sp³-hybridized carbons (Fsp3) is 1.00. The van der Waals surface area contributed by atoms with Crippen LogP contribution in [0.4, 0.5) is 13.2 Å². The van der Waals surface area contributed by atoms with Crippen molar-refractivity contribution in [1.82, 2.24) is 4.90 Å². The van der Waals surface area contributed by atoms with Gasteiger partial charge >= 0.3 is 6.18 Å². The Bertz CT molecular complexity index is 217. The Kier molecular flexibility index (Phi) is 3.39. The average molecular weight is 223 g/mol. The molecule has 4 heteroatoms. The molecule has 0 amide bonds. The smallest absolute Gasteiger partial charge is 0.287 e. The van der Waals surface area contributed by atoms with Gasteiger partial charge in [0.2, 0.25) is 0 Å². The number of rotatable bonds is 0. The second-order valence-electron chi connectivity index (χ2n) is 5.55. The van der Waals surface area contributed by atoms with Gasteiger partial charge in [0.15, 0.2) is 0 Å². The fourth-order valence-electron chi connectivity index (χ4n) is 2.25. The van der Waals surface area contributed by atoms with Crippen molar-refractivity contribution >= 4 is 0 Å². The molecule has 0 radical (unpaired) electrons. The quantitative estimate of drug-likeness (QED) is 0.608. The molecule has 0 aromatic rings. The Morgan fingerprint density at radius 2 is 1.67 bits per heavy atom. The van der Waals surface area contributed by atoms with E-state index in [0.29, 0.717) is 6.54 Å². The number of nitrogens with zero attached hydrogens (tertiary/aromatic N) is 1. The molecule has 1 rings (SSSR count). The van der Waals surface area contributed by atoms with Gasteiger partial charge in [-0.25, -0.2) is 0 Å². The van der Waals surface area contributed by atoms with Gasteiger partial charge in [0.05, 0.1) is 0 Å². The first-order valence-electron chi connectivity index (χ1n) is 5.46. The van der Waals surface area contributed by atoms with E-state index in [1.165, 1.54) is 0 Å². The van der Waals surface area contributed by atoms with Crippen molar-refractivity contribution in [1.29, 1.82) is 0 Å². The molecular weight excluding hydrogens is 203 g/mol. The van der Waals surface area contributed by atoms with Gasteiger partial charge in [-0.3, -0.25) is 4.90 Å². The van der Waals surface area contributed by atoms with E-state index in [9.17, 15) is 13.2 Å². The van der Waals surface area contributed by atoms with Gasteiger partial charge in [-0.15, -0.1) is 0 Å². The van der Waals surface area contributed by atoms with Gasteiger partial charge in [-0.05, 0) is 46.1 Å². The number of piperidine rings is 1. The summed E-state index contributed by atoms with van der Waals surface area (Å²) < 4.78 is 38.6. The molecule has 1 aliphatic rings. The number of hydrogen-bond acceptors (Lipinski definition) is 1. The lowest BCUT2D eigenvalue weighted by Gasteiger charge is -2.46. The Balaban J connectivity index is 2.85. The van der Waals surface area contributed by atoms with E-state index in [0.717, 1.165) is 6.42 Å². The zero-order chi connectivity index (χ0) is 11.9. The monoisotopic (exact) mass is 223 g/mol. The van der Waals surface area contributed by atoms with Gasteiger partial charge < -0.3 is 0 Å². The lowest BCUT2D eigenvalue weighted by Crippen LogP contribution is -2.57. The zero-order valence-electron chi connectivity index (χ0n) is 9.86. The Hall–Kier alpha value is -0.250. The third-order valence-corrected chi connectivity index (χ3v) is 3.10. The van der Waals surface area contributed by atoms with E-state index in [1.807, 2.05) is 27.7 Å². The highest BCUT2D eigenvalue weighted by atomic mass is 19.4. The predicted octanol–water partition coefficient (Wildman–Crippen LogP) is 3.45. The summed E-state index contributed by atoms with van der Waals surface area (Å²) in [5.74, 6) is 0.176. The molecule has 15 heavy (non-hydrogen) atoms. The van der Waals surface area contributed by atoms with Crippen molar-refractivity contribution in [3.8, 4) is 0 Å². The number of hydrogen-bond donors (Lipinski definition) is 0. The predicted molar refractivity (Wildman–Crippen MR) is 54.7 cm³/mol. The molecule has 0 bridgehead atoms. The lowest BCUT2D eigenvalue weighted by atomic mass is 9.88. The topological polar surface area (TPSA) is 3.24 Å². The Morgan fingerprint density at radius 1 is 1.13 bits per heavy atom. The van der Waals surface area contributed by atoms with Crippen molar-refractivity contribution in [2.45, 2.75) is 58.3 Å². The maximum Gasteiger partial charge on any atom is 0.404 e. The van der Waals surface area contributed by atoms with Crippen molar-refractivity contribution in [3.63, 3.8) is 0 Å². The van der Waals surface area contributed by atoms with Gasteiger partial charge in [0, 0.05) is 5.54 Å². The summed E-state index contributed by atoms with van der Waals surface area (Å²) in [4.78, 5) is 1.59. The minimum absolute atomic E-state index is 0.176. The molecule has 1 aliphatic heterocycles. The molecule has 0 aliphatic carbocycles. The molecule has 2 atom stereocenters. The first-order valence-corrected chi connectivity index (χ1v) is 5.46. The number of alkyl halides is 3. The summed E-state index contributed by atoms with van der Waals surface area (Å²) in [7, 11) is 0. The molecule has 1 nitrogen and oxygen atoms in total. The first kappa shape index (κ1) is 12.8. The summed E-state index contributed by atoms with van der Waals surface area (Å²) in [5, 5.41) is 0. The van der Waals surface area contributed by atoms with Crippen LogP contribution in [0.3, 0.4) is 0 Å². The van der Waals surface area contributed by atoms with Crippen LogP contribution < -0.4 is 0 Å². The highest BCUT2D eigenvalue weighted by Gasteiger charge is 2.48. The minimum atomic E-state index is -4.10. The summed E-state index contributed by atoms with van der Waals surface area (Å²) >= 11 is 0. The zero-order valence-corrected chi connectivity index (χ0v) is 9.86. The molecule has 0 spiro atoms. The molecule has 1 fully saturated rings.